The van der Waals surface area contributed by atoms with E-state index in [2.05, 4.69) is 5.32 Å². The van der Waals surface area contributed by atoms with Gasteiger partial charge in [0, 0.05) is 31.6 Å². The van der Waals surface area contributed by atoms with E-state index in [1.54, 1.807) is 6.92 Å². The Labute approximate surface area is 116 Å². The second kappa shape index (κ2) is 5.50. The second-order valence-electron chi connectivity index (χ2n) is 4.96. The van der Waals surface area contributed by atoms with E-state index < -0.39 is 17.4 Å². The first-order valence-electron chi connectivity index (χ1n) is 6.38. The van der Waals surface area contributed by atoms with Crippen LogP contribution in [0.2, 0.25) is 0 Å². The van der Waals surface area contributed by atoms with Gasteiger partial charge in [-0.1, -0.05) is 0 Å². The summed E-state index contributed by atoms with van der Waals surface area (Å²) in [6.45, 7) is 2.29. The quantitative estimate of drug-likeness (QED) is 0.769. The lowest BCUT2D eigenvalue weighted by Crippen LogP contribution is -2.57. The molecule has 0 aliphatic carbocycles. The summed E-state index contributed by atoms with van der Waals surface area (Å²) in [6.07, 6.45) is 0.482. The van der Waals surface area contributed by atoms with Crippen molar-refractivity contribution in [1.29, 1.82) is 0 Å². The molecule has 20 heavy (non-hydrogen) atoms. The topological polar surface area (TPSA) is 95.9 Å². The zero-order valence-corrected chi connectivity index (χ0v) is 11.2. The van der Waals surface area contributed by atoms with Gasteiger partial charge in [-0.2, -0.15) is 0 Å². The van der Waals surface area contributed by atoms with Crippen molar-refractivity contribution in [2.45, 2.75) is 25.3 Å². The minimum absolute atomic E-state index is 0.0977. The summed E-state index contributed by atoms with van der Waals surface area (Å²) in [4.78, 5) is 23.6. The van der Waals surface area contributed by atoms with Gasteiger partial charge in [-0.15, -0.1) is 0 Å². The third kappa shape index (κ3) is 2.75. The lowest BCUT2D eigenvalue weighted by molar-refractivity contribution is -0.148. The van der Waals surface area contributed by atoms with Gasteiger partial charge >= 0.3 is 5.97 Å². The number of amides is 1. The van der Waals surface area contributed by atoms with Crippen LogP contribution in [0.15, 0.2) is 18.2 Å². The smallest absolute Gasteiger partial charge is 0.329 e. The summed E-state index contributed by atoms with van der Waals surface area (Å²) in [5, 5.41) is 21.4. The Bertz CT molecular complexity index is 534. The molecule has 0 atom stereocenters. The van der Waals surface area contributed by atoms with Crippen LogP contribution in [0.4, 0.5) is 0 Å². The number of rotatable bonds is 3. The van der Waals surface area contributed by atoms with Gasteiger partial charge in [-0.05, 0) is 30.7 Å². The van der Waals surface area contributed by atoms with Gasteiger partial charge in [0.1, 0.15) is 11.3 Å². The molecule has 6 nitrogen and oxygen atoms in total. The van der Waals surface area contributed by atoms with Crippen LogP contribution in [0, 0.1) is 6.92 Å². The first-order valence-corrected chi connectivity index (χ1v) is 6.38. The summed E-state index contributed by atoms with van der Waals surface area (Å²) in [7, 11) is 0. The van der Waals surface area contributed by atoms with E-state index in [4.69, 9.17) is 4.74 Å². The Morgan fingerprint density at radius 3 is 2.50 bits per heavy atom. The molecule has 1 aliphatic rings. The average molecular weight is 279 g/mol. The lowest BCUT2D eigenvalue weighted by Gasteiger charge is -2.33. The van der Waals surface area contributed by atoms with Gasteiger partial charge in [0.15, 0.2) is 0 Å². The van der Waals surface area contributed by atoms with Gasteiger partial charge in [0.2, 0.25) is 0 Å². The number of ether oxygens (including phenoxy) is 1. The summed E-state index contributed by atoms with van der Waals surface area (Å²) in [5.41, 5.74) is -0.386. The molecule has 3 N–H and O–H groups in total. The average Bonchev–Trinajstić information content (AvgIpc) is 2.42. The van der Waals surface area contributed by atoms with Crippen LogP contribution in [-0.4, -0.2) is 40.8 Å². The SMILES string of the molecule is Cc1cc(C(=O)NC2(C(=O)O)CCOCC2)ccc1O. The predicted molar refractivity (Wildman–Crippen MR) is 70.7 cm³/mol. The highest BCUT2D eigenvalue weighted by molar-refractivity contribution is 5.98. The number of phenolic OH excluding ortho intramolecular Hbond substituents is 1. The van der Waals surface area contributed by atoms with Gasteiger partial charge in [-0.25, -0.2) is 4.79 Å². The number of hydrogen-bond donors (Lipinski definition) is 3. The Morgan fingerprint density at radius 2 is 1.95 bits per heavy atom. The molecule has 0 bridgehead atoms. The maximum Gasteiger partial charge on any atom is 0.329 e. The minimum atomic E-state index is -1.28. The first-order chi connectivity index (χ1) is 9.44. The monoisotopic (exact) mass is 279 g/mol. The van der Waals surface area contributed by atoms with E-state index in [9.17, 15) is 19.8 Å². The number of carboxylic acid groups (broad SMARTS) is 1. The van der Waals surface area contributed by atoms with Crippen molar-refractivity contribution in [3.05, 3.63) is 29.3 Å². The van der Waals surface area contributed by atoms with Crippen LogP contribution in [0.5, 0.6) is 5.75 Å². The highest BCUT2D eigenvalue weighted by atomic mass is 16.5. The van der Waals surface area contributed by atoms with Crippen molar-refractivity contribution in [1.82, 2.24) is 5.32 Å². The molecule has 1 aromatic rings. The number of carboxylic acids is 1. The third-order valence-corrected chi connectivity index (χ3v) is 3.57. The highest BCUT2D eigenvalue weighted by Crippen LogP contribution is 2.23. The normalized spacial score (nSPS) is 17.4. The minimum Gasteiger partial charge on any atom is -0.508 e. The zero-order valence-electron chi connectivity index (χ0n) is 11.2. The van der Waals surface area contributed by atoms with Crippen LogP contribution in [0.3, 0.4) is 0 Å². The molecule has 6 heteroatoms. The fraction of sp³-hybridized carbons (Fsp3) is 0.429. The molecule has 0 radical (unpaired) electrons. The fourth-order valence-electron chi connectivity index (χ4n) is 2.20. The van der Waals surface area contributed by atoms with Crippen molar-refractivity contribution in [3.8, 4) is 5.75 Å². The Morgan fingerprint density at radius 1 is 1.30 bits per heavy atom. The first kappa shape index (κ1) is 14.3. The molecule has 1 aliphatic heterocycles. The summed E-state index contributed by atoms with van der Waals surface area (Å²) >= 11 is 0. The lowest BCUT2D eigenvalue weighted by atomic mass is 9.89. The summed E-state index contributed by atoms with van der Waals surface area (Å²) < 4.78 is 5.15. The van der Waals surface area contributed by atoms with Crippen molar-refractivity contribution in [2.75, 3.05) is 13.2 Å². The van der Waals surface area contributed by atoms with Crippen LogP contribution >= 0.6 is 0 Å². The van der Waals surface area contributed by atoms with Crippen LogP contribution in [0.1, 0.15) is 28.8 Å². The van der Waals surface area contributed by atoms with E-state index in [1.165, 1.54) is 18.2 Å². The molecule has 108 valence electrons. The highest BCUT2D eigenvalue weighted by Gasteiger charge is 2.41. The molecule has 1 amide bonds. The van der Waals surface area contributed by atoms with Crippen molar-refractivity contribution in [3.63, 3.8) is 0 Å². The number of hydrogen-bond acceptors (Lipinski definition) is 4. The number of phenols is 1. The number of aromatic hydroxyl groups is 1. The number of aryl methyl sites for hydroxylation is 1. The summed E-state index contributed by atoms with van der Waals surface area (Å²) in [5.74, 6) is -1.41. The van der Waals surface area contributed by atoms with Crippen LogP contribution < -0.4 is 5.32 Å². The molecule has 0 unspecified atom stereocenters. The third-order valence-electron chi connectivity index (χ3n) is 3.57. The number of aliphatic carboxylic acids is 1. The van der Waals surface area contributed by atoms with Gasteiger partial charge in [-0.3, -0.25) is 4.79 Å². The van der Waals surface area contributed by atoms with E-state index in [1.807, 2.05) is 0 Å². The number of carbonyl (C=O) groups is 2. The van der Waals surface area contributed by atoms with E-state index >= 15 is 0 Å². The molecule has 1 fully saturated rings. The molecule has 0 saturated carbocycles. The van der Waals surface area contributed by atoms with Crippen molar-refractivity contribution < 1.29 is 24.5 Å². The van der Waals surface area contributed by atoms with Crippen LogP contribution in [0.25, 0.3) is 0 Å². The van der Waals surface area contributed by atoms with Gasteiger partial charge in [0.05, 0.1) is 0 Å². The van der Waals surface area contributed by atoms with E-state index in [0.717, 1.165) is 0 Å². The standard InChI is InChI=1S/C14H17NO5/c1-9-8-10(2-3-11(9)16)12(17)15-14(13(18)19)4-6-20-7-5-14/h2-3,8,16H,4-7H2,1H3,(H,15,17)(H,18,19). The molecule has 1 saturated heterocycles. The maximum absolute atomic E-state index is 12.2. The van der Waals surface area contributed by atoms with Gasteiger partial charge < -0.3 is 20.3 Å². The van der Waals surface area contributed by atoms with Crippen LogP contribution in [-0.2, 0) is 9.53 Å². The Kier molecular flexibility index (Phi) is 3.94. The molecular formula is C14H17NO5. The molecule has 0 spiro atoms. The fourth-order valence-corrected chi connectivity index (χ4v) is 2.20. The molecule has 2 rings (SSSR count). The maximum atomic E-state index is 12.2. The van der Waals surface area contributed by atoms with Gasteiger partial charge in [0.25, 0.3) is 5.91 Å². The molecule has 1 aromatic carbocycles. The largest absolute Gasteiger partial charge is 0.508 e. The second-order valence-corrected chi connectivity index (χ2v) is 4.96. The number of carbonyl (C=O) groups excluding carboxylic acids is 1. The van der Waals surface area contributed by atoms with Crippen molar-refractivity contribution >= 4 is 11.9 Å². The van der Waals surface area contributed by atoms with E-state index in [0.29, 0.717) is 24.3 Å². The predicted octanol–water partition coefficient (Wildman–Crippen LogP) is 1.06. The van der Waals surface area contributed by atoms with E-state index in [-0.39, 0.29) is 18.6 Å². The number of benzene rings is 1. The molecule has 1 heterocycles. The van der Waals surface area contributed by atoms with Crippen molar-refractivity contribution in [2.24, 2.45) is 0 Å². The molecule has 0 aromatic heterocycles. The number of nitrogens with one attached hydrogen (secondary N) is 1. The Balaban J connectivity index is 2.20. The molecular weight excluding hydrogens is 262 g/mol. The Hall–Kier alpha value is -2.08. The summed E-state index contributed by atoms with van der Waals surface area (Å²) in [6, 6.07) is 4.41. The zero-order chi connectivity index (χ0) is 14.8.